The van der Waals surface area contributed by atoms with Crippen LogP contribution in [0.2, 0.25) is 0 Å². The zero-order valence-electron chi connectivity index (χ0n) is 16.5. The van der Waals surface area contributed by atoms with Crippen molar-refractivity contribution in [1.29, 1.82) is 0 Å². The summed E-state index contributed by atoms with van der Waals surface area (Å²) in [5.41, 5.74) is 2.88. The third-order valence-electron chi connectivity index (χ3n) is 5.52. The van der Waals surface area contributed by atoms with E-state index in [-0.39, 0.29) is 5.91 Å². The van der Waals surface area contributed by atoms with E-state index in [9.17, 15) is 4.79 Å². The smallest absolute Gasteiger partial charge is 0.257 e. The molecule has 7 nitrogen and oxygen atoms in total. The van der Waals surface area contributed by atoms with Gasteiger partial charge in [0.15, 0.2) is 0 Å². The molecule has 28 heavy (non-hydrogen) atoms. The van der Waals surface area contributed by atoms with E-state index < -0.39 is 0 Å². The first-order valence-electron chi connectivity index (χ1n) is 9.90. The van der Waals surface area contributed by atoms with Gasteiger partial charge in [0.2, 0.25) is 0 Å². The van der Waals surface area contributed by atoms with Crippen LogP contribution in [0.4, 0.5) is 0 Å². The molecule has 0 aliphatic carbocycles. The number of pyridine rings is 1. The predicted molar refractivity (Wildman–Crippen MR) is 107 cm³/mol. The number of aryl methyl sites for hydroxylation is 2. The van der Waals surface area contributed by atoms with E-state index in [1.807, 2.05) is 42.5 Å². The number of piperidine rings is 1. The Balaban J connectivity index is 1.40. The number of hydrogen-bond acceptors (Lipinski definition) is 4. The zero-order valence-corrected chi connectivity index (χ0v) is 16.5. The summed E-state index contributed by atoms with van der Waals surface area (Å²) in [7, 11) is 0. The van der Waals surface area contributed by atoms with Gasteiger partial charge in [-0.1, -0.05) is 0 Å². The molecule has 0 N–H and O–H groups in total. The predicted octanol–water partition coefficient (Wildman–Crippen LogP) is 3.02. The summed E-state index contributed by atoms with van der Waals surface area (Å²) in [4.78, 5) is 23.5. The first-order chi connectivity index (χ1) is 13.7. The Kier molecular flexibility index (Phi) is 5.23. The van der Waals surface area contributed by atoms with Crippen LogP contribution in [0.1, 0.15) is 35.8 Å². The van der Waals surface area contributed by atoms with Gasteiger partial charge < -0.3 is 9.47 Å². The second kappa shape index (κ2) is 7.96. The van der Waals surface area contributed by atoms with Crippen LogP contribution in [0.3, 0.4) is 0 Å². The number of imidazole rings is 1. The fourth-order valence-corrected chi connectivity index (χ4v) is 3.82. The molecular weight excluding hydrogens is 352 g/mol. The lowest BCUT2D eigenvalue weighted by Crippen LogP contribution is -2.39. The van der Waals surface area contributed by atoms with Crippen molar-refractivity contribution in [2.45, 2.75) is 39.8 Å². The number of likely N-dealkylation sites (tertiary alicyclic amines) is 1. The van der Waals surface area contributed by atoms with Crippen LogP contribution in [0.25, 0.3) is 11.4 Å². The lowest BCUT2D eigenvalue weighted by molar-refractivity contribution is 0.0682. The van der Waals surface area contributed by atoms with E-state index in [0.29, 0.717) is 11.5 Å². The Hall–Kier alpha value is -2.96. The number of carbonyl (C=O) groups is 1. The SMILES string of the molecule is CCn1cc(C(=O)N2CCC(Cn3c(C)cnc3-c3cccnc3)CC2)cn1. The molecule has 0 radical (unpaired) electrons. The molecule has 1 aliphatic heterocycles. The molecule has 3 aromatic heterocycles. The zero-order chi connectivity index (χ0) is 19.5. The number of carbonyl (C=O) groups excluding carboxylic acids is 1. The van der Waals surface area contributed by atoms with Crippen LogP contribution in [0, 0.1) is 12.8 Å². The van der Waals surface area contributed by atoms with Crippen LogP contribution in [-0.4, -0.2) is 48.2 Å². The number of amides is 1. The molecule has 1 amide bonds. The highest BCUT2D eigenvalue weighted by atomic mass is 16.2. The first-order valence-corrected chi connectivity index (χ1v) is 9.90. The van der Waals surface area contributed by atoms with Crippen molar-refractivity contribution in [2.75, 3.05) is 13.1 Å². The monoisotopic (exact) mass is 378 g/mol. The van der Waals surface area contributed by atoms with Gasteiger partial charge in [-0.05, 0) is 44.7 Å². The number of hydrogen-bond donors (Lipinski definition) is 0. The van der Waals surface area contributed by atoms with Crippen molar-refractivity contribution >= 4 is 5.91 Å². The van der Waals surface area contributed by atoms with Gasteiger partial charge in [0, 0.05) is 62.2 Å². The molecule has 1 aliphatic rings. The van der Waals surface area contributed by atoms with Crippen molar-refractivity contribution in [3.8, 4) is 11.4 Å². The summed E-state index contributed by atoms with van der Waals surface area (Å²) in [5.74, 6) is 1.59. The maximum absolute atomic E-state index is 12.7. The quantitative estimate of drug-likeness (QED) is 0.684. The Morgan fingerprint density at radius 2 is 2.04 bits per heavy atom. The molecule has 0 spiro atoms. The van der Waals surface area contributed by atoms with Crippen molar-refractivity contribution < 1.29 is 4.79 Å². The van der Waals surface area contributed by atoms with Crippen molar-refractivity contribution in [3.05, 3.63) is 54.4 Å². The van der Waals surface area contributed by atoms with Crippen molar-refractivity contribution in [3.63, 3.8) is 0 Å². The average Bonchev–Trinajstić information content (AvgIpc) is 3.36. The Morgan fingerprint density at radius 1 is 1.21 bits per heavy atom. The summed E-state index contributed by atoms with van der Waals surface area (Å²) in [5, 5.41) is 4.22. The molecule has 0 aromatic carbocycles. The summed E-state index contributed by atoms with van der Waals surface area (Å²) >= 11 is 0. The van der Waals surface area contributed by atoms with Crippen LogP contribution in [0.5, 0.6) is 0 Å². The lowest BCUT2D eigenvalue weighted by atomic mass is 9.96. The van der Waals surface area contributed by atoms with E-state index in [0.717, 1.165) is 56.1 Å². The van der Waals surface area contributed by atoms with Crippen LogP contribution in [-0.2, 0) is 13.1 Å². The molecule has 0 saturated carbocycles. The molecule has 146 valence electrons. The highest BCUT2D eigenvalue weighted by Gasteiger charge is 2.25. The molecule has 4 heterocycles. The number of rotatable bonds is 5. The highest BCUT2D eigenvalue weighted by Crippen LogP contribution is 2.25. The van der Waals surface area contributed by atoms with Crippen molar-refractivity contribution in [1.82, 2.24) is 29.2 Å². The molecule has 0 atom stereocenters. The minimum absolute atomic E-state index is 0.0908. The maximum atomic E-state index is 12.7. The van der Waals surface area contributed by atoms with E-state index >= 15 is 0 Å². The molecule has 1 fully saturated rings. The van der Waals surface area contributed by atoms with Crippen LogP contribution in [0.15, 0.2) is 43.1 Å². The fourth-order valence-electron chi connectivity index (χ4n) is 3.82. The van der Waals surface area contributed by atoms with E-state index in [1.165, 1.54) is 0 Å². The average molecular weight is 378 g/mol. The molecular formula is C21H26N6O. The molecule has 1 saturated heterocycles. The molecule has 3 aromatic rings. The lowest BCUT2D eigenvalue weighted by Gasteiger charge is -2.32. The maximum Gasteiger partial charge on any atom is 0.257 e. The minimum atomic E-state index is 0.0908. The summed E-state index contributed by atoms with van der Waals surface area (Å²) in [6, 6.07) is 3.98. The van der Waals surface area contributed by atoms with Gasteiger partial charge in [0.05, 0.1) is 11.8 Å². The van der Waals surface area contributed by atoms with Crippen LogP contribution < -0.4 is 0 Å². The van der Waals surface area contributed by atoms with Gasteiger partial charge in [0.25, 0.3) is 5.91 Å². The normalized spacial score (nSPS) is 15.1. The topological polar surface area (TPSA) is 68.8 Å². The van der Waals surface area contributed by atoms with E-state index in [4.69, 9.17) is 0 Å². The second-order valence-electron chi connectivity index (χ2n) is 7.40. The van der Waals surface area contributed by atoms with Gasteiger partial charge in [0.1, 0.15) is 5.82 Å². The molecule has 7 heteroatoms. The minimum Gasteiger partial charge on any atom is -0.339 e. The van der Waals surface area contributed by atoms with Gasteiger partial charge in [-0.3, -0.25) is 14.5 Å². The second-order valence-corrected chi connectivity index (χ2v) is 7.40. The number of nitrogens with zero attached hydrogens (tertiary/aromatic N) is 6. The summed E-state index contributed by atoms with van der Waals surface area (Å²) < 4.78 is 4.08. The van der Waals surface area contributed by atoms with Gasteiger partial charge in [-0.25, -0.2) is 4.98 Å². The molecule has 0 unspecified atom stereocenters. The van der Waals surface area contributed by atoms with Gasteiger partial charge in [-0.15, -0.1) is 0 Å². The van der Waals surface area contributed by atoms with E-state index in [2.05, 4.69) is 26.6 Å². The first kappa shape index (κ1) is 18.4. The molecule has 4 rings (SSSR count). The Bertz CT molecular complexity index is 937. The third-order valence-corrected chi connectivity index (χ3v) is 5.52. The Labute approximate surface area is 165 Å². The summed E-state index contributed by atoms with van der Waals surface area (Å²) in [6.45, 7) is 7.39. The van der Waals surface area contributed by atoms with Gasteiger partial charge in [-0.2, -0.15) is 5.10 Å². The van der Waals surface area contributed by atoms with E-state index in [1.54, 1.807) is 17.1 Å². The Morgan fingerprint density at radius 3 is 2.71 bits per heavy atom. The standard InChI is InChI=1S/C21H26N6O/c1-3-26-15-19(13-24-26)21(28)25-9-6-17(7-10-25)14-27-16(2)11-23-20(27)18-5-4-8-22-12-18/h4-5,8,11-13,15,17H,3,6-7,9-10,14H2,1-2H3. The van der Waals surface area contributed by atoms with Crippen LogP contribution >= 0.6 is 0 Å². The number of aromatic nitrogens is 5. The van der Waals surface area contributed by atoms with Gasteiger partial charge >= 0.3 is 0 Å². The summed E-state index contributed by atoms with van der Waals surface area (Å²) in [6.07, 6.45) is 11.1. The largest absolute Gasteiger partial charge is 0.339 e. The van der Waals surface area contributed by atoms with Crippen molar-refractivity contribution in [2.24, 2.45) is 5.92 Å². The molecule has 0 bridgehead atoms. The third kappa shape index (κ3) is 3.69. The fraction of sp³-hybridized carbons (Fsp3) is 0.429. The highest BCUT2D eigenvalue weighted by molar-refractivity contribution is 5.93.